The van der Waals surface area contributed by atoms with Crippen molar-refractivity contribution in [2.75, 3.05) is 9.80 Å². The topological polar surface area (TPSA) is 32.8 Å². The number of nitrogens with zero attached hydrogens (tertiary/aromatic N) is 2. The number of fused-ring (bicyclic) bond motifs is 9. The maximum absolute atomic E-state index is 6.72. The molecule has 0 N–H and O–H groups in total. The van der Waals surface area contributed by atoms with Crippen molar-refractivity contribution in [1.29, 1.82) is 0 Å². The molecule has 13 rings (SSSR count). The third kappa shape index (κ3) is 6.90. The van der Waals surface area contributed by atoms with Gasteiger partial charge in [0.25, 0.3) is 0 Å². The van der Waals surface area contributed by atoms with Crippen molar-refractivity contribution in [3.63, 3.8) is 0 Å². The second kappa shape index (κ2) is 16.3. The van der Waals surface area contributed by atoms with Crippen molar-refractivity contribution in [1.82, 2.24) is 0 Å². The van der Waals surface area contributed by atoms with E-state index in [1.165, 1.54) is 86.1 Å². The fourth-order valence-electron chi connectivity index (χ4n) is 11.6. The molecule has 0 bridgehead atoms. The first-order valence-corrected chi connectivity index (χ1v) is 24.3. The van der Waals surface area contributed by atoms with Gasteiger partial charge in [0.2, 0.25) is 0 Å². The molecule has 4 nitrogen and oxygen atoms in total. The van der Waals surface area contributed by atoms with Gasteiger partial charge in [0.15, 0.2) is 0 Å². The summed E-state index contributed by atoms with van der Waals surface area (Å²) >= 11 is 0. The number of benzene rings is 9. The summed E-state index contributed by atoms with van der Waals surface area (Å²) in [6.45, 7) is 0. The molecule has 0 radical (unpaired) electrons. The summed E-state index contributed by atoms with van der Waals surface area (Å²) in [4.78, 5) is 4.74. The lowest BCUT2D eigenvalue weighted by molar-refractivity contribution is 0.443. The van der Waals surface area contributed by atoms with E-state index in [1.807, 2.05) is 0 Å². The molecule has 0 unspecified atom stereocenters. The van der Waals surface area contributed by atoms with Gasteiger partial charge in [0, 0.05) is 55.7 Å². The van der Waals surface area contributed by atoms with E-state index in [0.29, 0.717) is 11.8 Å². The predicted molar refractivity (Wildman–Crippen MR) is 277 cm³/mol. The minimum Gasteiger partial charge on any atom is -0.456 e. The molecule has 2 aromatic heterocycles. The SMILES string of the molecule is c1ccc(N(c2ccc(C3CCCCC3)cc2)c2ccc3cc4c(cc3c2)oc2ccc3oc5cc6cc(N(c7ccccc7)c7ccc(C8CCCCC8)cc7)ccc6cc5c3c24)cc1. The van der Waals surface area contributed by atoms with Crippen molar-refractivity contribution in [2.24, 2.45) is 0 Å². The molecule has 11 aromatic rings. The van der Waals surface area contributed by atoms with Crippen LogP contribution in [-0.4, -0.2) is 0 Å². The highest BCUT2D eigenvalue weighted by Gasteiger charge is 2.22. The van der Waals surface area contributed by atoms with Gasteiger partial charge in [0.05, 0.1) is 0 Å². The molecule has 66 heavy (non-hydrogen) atoms. The van der Waals surface area contributed by atoms with E-state index in [2.05, 4.69) is 192 Å². The number of furan rings is 2. The Kier molecular flexibility index (Phi) is 9.65. The highest BCUT2D eigenvalue weighted by Crippen LogP contribution is 2.45. The zero-order chi connectivity index (χ0) is 43.6. The first-order valence-electron chi connectivity index (χ1n) is 24.3. The molecule has 0 atom stereocenters. The van der Waals surface area contributed by atoms with Gasteiger partial charge in [-0.15, -0.1) is 0 Å². The number of para-hydroxylation sites is 2. The van der Waals surface area contributed by atoms with Gasteiger partial charge >= 0.3 is 0 Å². The van der Waals surface area contributed by atoms with Crippen LogP contribution in [0.1, 0.15) is 87.2 Å². The van der Waals surface area contributed by atoms with E-state index in [1.54, 1.807) is 0 Å². The van der Waals surface area contributed by atoms with Crippen LogP contribution in [0.4, 0.5) is 34.1 Å². The van der Waals surface area contributed by atoms with Crippen LogP contribution < -0.4 is 9.80 Å². The molecule has 0 spiro atoms. The molecule has 0 saturated heterocycles. The third-order valence-electron chi connectivity index (χ3n) is 15.0. The molecule has 322 valence electrons. The highest BCUT2D eigenvalue weighted by molar-refractivity contribution is 6.27. The average molecular weight is 857 g/mol. The summed E-state index contributed by atoms with van der Waals surface area (Å²) in [6, 6.07) is 66.9. The number of anilines is 6. The molecule has 4 heteroatoms. The molecule has 2 heterocycles. The Hall–Kier alpha value is -7.30. The van der Waals surface area contributed by atoms with Gasteiger partial charge in [-0.05, 0) is 179 Å². The zero-order valence-electron chi connectivity index (χ0n) is 37.3. The third-order valence-corrected chi connectivity index (χ3v) is 15.0. The Bertz CT molecular complexity index is 3300. The normalized spacial score (nSPS) is 15.2. The van der Waals surface area contributed by atoms with E-state index in [-0.39, 0.29) is 0 Å². The molecule has 2 saturated carbocycles. The van der Waals surface area contributed by atoms with Crippen molar-refractivity contribution >= 4 is 99.5 Å². The zero-order valence-corrected chi connectivity index (χ0v) is 37.3. The molecular formula is C62H52N2O2. The van der Waals surface area contributed by atoms with Crippen LogP contribution in [0, 0.1) is 0 Å². The monoisotopic (exact) mass is 856 g/mol. The molecule has 0 amide bonds. The minimum atomic E-state index is 0.676. The van der Waals surface area contributed by atoms with Gasteiger partial charge < -0.3 is 18.6 Å². The Labute approximate surface area is 385 Å². The van der Waals surface area contributed by atoms with Gasteiger partial charge in [0.1, 0.15) is 22.3 Å². The first kappa shape index (κ1) is 39.1. The lowest BCUT2D eigenvalue weighted by Crippen LogP contribution is -2.10. The highest BCUT2D eigenvalue weighted by atomic mass is 16.3. The predicted octanol–water partition coefficient (Wildman–Crippen LogP) is 18.8. The number of rotatable bonds is 8. The molecular weight excluding hydrogens is 805 g/mol. The van der Waals surface area contributed by atoms with Crippen molar-refractivity contribution in [3.8, 4) is 0 Å². The van der Waals surface area contributed by atoms with E-state index < -0.39 is 0 Å². The largest absolute Gasteiger partial charge is 0.456 e. The quantitative estimate of drug-likeness (QED) is 0.152. The smallest absolute Gasteiger partial charge is 0.136 e. The van der Waals surface area contributed by atoms with Crippen LogP contribution in [0.5, 0.6) is 0 Å². The fourth-order valence-corrected chi connectivity index (χ4v) is 11.6. The maximum atomic E-state index is 6.72. The van der Waals surface area contributed by atoms with E-state index in [4.69, 9.17) is 8.83 Å². The summed E-state index contributed by atoms with van der Waals surface area (Å²) in [5, 5.41) is 9.00. The first-order chi connectivity index (χ1) is 32.7. The van der Waals surface area contributed by atoms with Gasteiger partial charge in [-0.3, -0.25) is 0 Å². The molecule has 2 aliphatic rings. The van der Waals surface area contributed by atoms with Crippen LogP contribution in [0.2, 0.25) is 0 Å². The average Bonchev–Trinajstić information content (AvgIpc) is 3.93. The van der Waals surface area contributed by atoms with Crippen LogP contribution >= 0.6 is 0 Å². The summed E-state index contributed by atoms with van der Waals surface area (Å²) in [5.41, 5.74) is 13.2. The maximum Gasteiger partial charge on any atom is 0.136 e. The Balaban J connectivity index is 0.879. The Morgan fingerprint density at radius 2 is 0.682 bits per heavy atom. The van der Waals surface area contributed by atoms with Gasteiger partial charge in [-0.1, -0.05) is 111 Å². The Morgan fingerprint density at radius 1 is 0.303 bits per heavy atom. The van der Waals surface area contributed by atoms with Crippen LogP contribution in [0.15, 0.2) is 191 Å². The van der Waals surface area contributed by atoms with E-state index in [0.717, 1.165) is 88.8 Å². The number of hydrogen-bond acceptors (Lipinski definition) is 4. The van der Waals surface area contributed by atoms with Crippen LogP contribution in [0.3, 0.4) is 0 Å². The lowest BCUT2D eigenvalue weighted by atomic mass is 9.84. The molecule has 9 aromatic carbocycles. The summed E-state index contributed by atoms with van der Waals surface area (Å²) in [5.74, 6) is 1.35. The summed E-state index contributed by atoms with van der Waals surface area (Å²) < 4.78 is 13.4. The molecule has 0 aliphatic heterocycles. The summed E-state index contributed by atoms with van der Waals surface area (Å²) in [6.07, 6.45) is 13.3. The molecule has 2 aliphatic carbocycles. The second-order valence-electron chi connectivity index (χ2n) is 19.0. The van der Waals surface area contributed by atoms with E-state index >= 15 is 0 Å². The minimum absolute atomic E-state index is 0.676. The van der Waals surface area contributed by atoms with Crippen molar-refractivity contribution < 1.29 is 8.83 Å². The lowest BCUT2D eigenvalue weighted by Gasteiger charge is -2.27. The van der Waals surface area contributed by atoms with Crippen LogP contribution in [-0.2, 0) is 0 Å². The fraction of sp³-hybridized carbons (Fsp3) is 0.194. The van der Waals surface area contributed by atoms with Crippen molar-refractivity contribution in [3.05, 3.63) is 193 Å². The number of hydrogen-bond donors (Lipinski definition) is 0. The summed E-state index contributed by atoms with van der Waals surface area (Å²) in [7, 11) is 0. The van der Waals surface area contributed by atoms with Gasteiger partial charge in [-0.25, -0.2) is 0 Å². The Morgan fingerprint density at radius 3 is 1.09 bits per heavy atom. The van der Waals surface area contributed by atoms with Crippen molar-refractivity contribution in [2.45, 2.75) is 76.0 Å². The van der Waals surface area contributed by atoms with Crippen LogP contribution in [0.25, 0.3) is 65.4 Å². The second-order valence-corrected chi connectivity index (χ2v) is 19.0. The standard InChI is InChI=1S/C62H52N2O2/c1-5-13-41(14-6-1)43-21-27-51(28-22-43)63(49-17-9-3-10-18-49)53-31-25-45-37-55-59(39-47(45)35-53)65-57-33-34-58-62(61(55)57)56-38-46-26-32-54(36-48(46)40-60(56)66-58)64(50-19-11-4-12-20-50)52-29-23-44(24-30-52)42-15-7-2-8-16-42/h3-4,9-12,17-42H,1-2,5-8,13-16H2. The van der Waals surface area contributed by atoms with E-state index in [9.17, 15) is 0 Å². The molecule has 2 fully saturated rings. The van der Waals surface area contributed by atoms with Gasteiger partial charge in [-0.2, -0.15) is 0 Å².